The summed E-state index contributed by atoms with van der Waals surface area (Å²) >= 11 is 0. The third kappa shape index (κ3) is 4.21. The van der Waals surface area contributed by atoms with Crippen molar-refractivity contribution < 1.29 is 4.74 Å². The minimum atomic E-state index is 0.319. The van der Waals surface area contributed by atoms with Gasteiger partial charge in [0, 0.05) is 18.8 Å². The van der Waals surface area contributed by atoms with Gasteiger partial charge in [0.25, 0.3) is 0 Å². The predicted molar refractivity (Wildman–Crippen MR) is 90.0 cm³/mol. The molecule has 1 aromatic rings. The number of hydrogen-bond acceptors (Lipinski definition) is 3. The van der Waals surface area contributed by atoms with Crippen LogP contribution in [0.4, 0.5) is 5.69 Å². The third-order valence-electron chi connectivity index (χ3n) is 4.34. The van der Waals surface area contributed by atoms with Crippen LogP contribution in [0.1, 0.15) is 44.7 Å². The Morgan fingerprint density at radius 3 is 2.81 bits per heavy atom. The number of benzene rings is 1. The summed E-state index contributed by atoms with van der Waals surface area (Å²) in [6.45, 7) is 12.7. The van der Waals surface area contributed by atoms with Crippen LogP contribution in [0, 0.1) is 6.92 Å². The Kier molecular flexibility index (Phi) is 6.07. The minimum Gasteiger partial charge on any atom is -0.375 e. The molecule has 0 spiro atoms. The summed E-state index contributed by atoms with van der Waals surface area (Å²) in [5, 5.41) is 3.48. The number of morpholine rings is 1. The normalized spacial score (nSPS) is 22.6. The van der Waals surface area contributed by atoms with E-state index in [1.54, 1.807) is 0 Å². The third-order valence-corrected chi connectivity index (χ3v) is 4.34. The van der Waals surface area contributed by atoms with Gasteiger partial charge in [-0.3, -0.25) is 0 Å². The number of hydrogen-bond donors (Lipinski definition) is 1. The lowest BCUT2D eigenvalue weighted by Crippen LogP contribution is -2.48. The predicted octanol–water partition coefficient (Wildman–Crippen LogP) is 3.50. The molecule has 2 unspecified atom stereocenters. The van der Waals surface area contributed by atoms with Crippen molar-refractivity contribution in [1.82, 2.24) is 5.32 Å². The molecule has 1 fully saturated rings. The summed E-state index contributed by atoms with van der Waals surface area (Å²) in [6, 6.07) is 7.39. The van der Waals surface area contributed by atoms with Crippen LogP contribution in [0.2, 0.25) is 0 Å². The van der Waals surface area contributed by atoms with Crippen LogP contribution in [0.3, 0.4) is 0 Å². The molecule has 3 heteroatoms. The summed E-state index contributed by atoms with van der Waals surface area (Å²) in [6.07, 6.45) is 2.63. The van der Waals surface area contributed by atoms with E-state index in [2.05, 4.69) is 56.1 Å². The molecule has 1 aliphatic heterocycles. The number of anilines is 1. The van der Waals surface area contributed by atoms with Crippen LogP contribution in [0.15, 0.2) is 18.2 Å². The monoisotopic (exact) mass is 290 g/mol. The molecule has 118 valence electrons. The first-order valence-electron chi connectivity index (χ1n) is 8.34. The largest absolute Gasteiger partial charge is 0.375 e. The smallest absolute Gasteiger partial charge is 0.0723 e. The average molecular weight is 290 g/mol. The lowest BCUT2D eigenvalue weighted by molar-refractivity contribution is 0.0299. The molecule has 1 heterocycles. The topological polar surface area (TPSA) is 24.5 Å². The van der Waals surface area contributed by atoms with E-state index in [1.807, 2.05) is 0 Å². The zero-order valence-corrected chi connectivity index (χ0v) is 14.0. The number of nitrogens with zero attached hydrogens (tertiary/aromatic N) is 1. The van der Waals surface area contributed by atoms with E-state index in [0.29, 0.717) is 12.1 Å². The Labute approximate surface area is 129 Å². The van der Waals surface area contributed by atoms with Crippen molar-refractivity contribution in [2.24, 2.45) is 0 Å². The van der Waals surface area contributed by atoms with Gasteiger partial charge in [-0.25, -0.2) is 0 Å². The molecule has 1 N–H and O–H groups in total. The van der Waals surface area contributed by atoms with Gasteiger partial charge in [0.05, 0.1) is 18.8 Å². The second kappa shape index (κ2) is 7.81. The van der Waals surface area contributed by atoms with Crippen molar-refractivity contribution in [3.05, 3.63) is 29.3 Å². The molecule has 0 amide bonds. The molecule has 0 radical (unpaired) electrons. The molecule has 0 saturated carbocycles. The summed E-state index contributed by atoms with van der Waals surface area (Å²) < 4.78 is 5.80. The van der Waals surface area contributed by atoms with Gasteiger partial charge in [-0.15, -0.1) is 0 Å². The molecule has 3 nitrogen and oxygen atoms in total. The van der Waals surface area contributed by atoms with Crippen molar-refractivity contribution in [3.63, 3.8) is 0 Å². The summed E-state index contributed by atoms with van der Waals surface area (Å²) in [4.78, 5) is 2.52. The molecular formula is C18H30N2O. The van der Waals surface area contributed by atoms with Crippen molar-refractivity contribution in [3.8, 4) is 0 Å². The lowest BCUT2D eigenvalue weighted by Gasteiger charge is -2.40. The summed E-state index contributed by atoms with van der Waals surface area (Å²) in [7, 11) is 0. The first-order chi connectivity index (χ1) is 10.2. The molecule has 0 aromatic heterocycles. The zero-order valence-electron chi connectivity index (χ0n) is 14.0. The van der Waals surface area contributed by atoms with Crippen LogP contribution in [0.25, 0.3) is 0 Å². The highest BCUT2D eigenvalue weighted by Gasteiger charge is 2.25. The highest BCUT2D eigenvalue weighted by atomic mass is 16.5. The van der Waals surface area contributed by atoms with E-state index in [-0.39, 0.29) is 0 Å². The maximum absolute atomic E-state index is 5.80. The summed E-state index contributed by atoms with van der Waals surface area (Å²) in [5.74, 6) is 0. The highest BCUT2D eigenvalue weighted by Crippen LogP contribution is 2.25. The van der Waals surface area contributed by atoms with Gasteiger partial charge in [0.15, 0.2) is 0 Å². The lowest BCUT2D eigenvalue weighted by atomic mass is 10.0. The van der Waals surface area contributed by atoms with Gasteiger partial charge in [0.1, 0.15) is 0 Å². The van der Waals surface area contributed by atoms with Gasteiger partial charge >= 0.3 is 0 Å². The quantitative estimate of drug-likeness (QED) is 0.812. The van der Waals surface area contributed by atoms with Crippen molar-refractivity contribution in [1.29, 1.82) is 0 Å². The Bertz CT molecular complexity index is 447. The van der Waals surface area contributed by atoms with E-state index >= 15 is 0 Å². The maximum atomic E-state index is 5.80. The van der Waals surface area contributed by atoms with E-state index in [0.717, 1.165) is 32.7 Å². The van der Waals surface area contributed by atoms with Crippen LogP contribution < -0.4 is 10.2 Å². The fraction of sp³-hybridized carbons (Fsp3) is 0.667. The Morgan fingerprint density at radius 1 is 1.33 bits per heavy atom. The van der Waals surface area contributed by atoms with Crippen molar-refractivity contribution >= 4 is 5.69 Å². The van der Waals surface area contributed by atoms with Crippen molar-refractivity contribution in [2.75, 3.05) is 24.6 Å². The van der Waals surface area contributed by atoms with Crippen LogP contribution >= 0.6 is 0 Å². The number of nitrogens with one attached hydrogen (secondary N) is 1. The molecule has 2 rings (SSSR count). The molecular weight excluding hydrogens is 260 g/mol. The molecule has 1 aromatic carbocycles. The first kappa shape index (κ1) is 16.3. The van der Waals surface area contributed by atoms with Gasteiger partial charge < -0.3 is 15.0 Å². The fourth-order valence-corrected chi connectivity index (χ4v) is 2.96. The van der Waals surface area contributed by atoms with Crippen LogP contribution in [0.5, 0.6) is 0 Å². The Balaban J connectivity index is 2.10. The van der Waals surface area contributed by atoms with Crippen molar-refractivity contribution in [2.45, 2.75) is 59.2 Å². The zero-order chi connectivity index (χ0) is 15.2. The molecule has 1 aliphatic rings. The maximum Gasteiger partial charge on any atom is 0.0723 e. The molecule has 0 bridgehead atoms. The Morgan fingerprint density at radius 2 is 2.14 bits per heavy atom. The Hall–Kier alpha value is -1.06. The standard InChI is InChI=1S/C18H30N2O/c1-5-9-19-11-16-7-8-18(10-14(16)3)20-12-15(4)21-13-17(20)6-2/h7-8,10,15,17,19H,5-6,9,11-13H2,1-4H3. The van der Waals surface area contributed by atoms with E-state index in [4.69, 9.17) is 4.74 Å². The SMILES string of the molecule is CCCNCc1ccc(N2CC(C)OCC2CC)cc1C. The van der Waals surface area contributed by atoms with Gasteiger partial charge in [-0.05, 0) is 56.5 Å². The van der Waals surface area contributed by atoms with E-state index < -0.39 is 0 Å². The van der Waals surface area contributed by atoms with Crippen LogP contribution in [-0.4, -0.2) is 31.8 Å². The first-order valence-corrected chi connectivity index (χ1v) is 8.34. The van der Waals surface area contributed by atoms with Crippen LogP contribution in [-0.2, 0) is 11.3 Å². The van der Waals surface area contributed by atoms with Gasteiger partial charge in [-0.2, -0.15) is 0 Å². The molecule has 21 heavy (non-hydrogen) atoms. The highest BCUT2D eigenvalue weighted by molar-refractivity contribution is 5.52. The number of ether oxygens (including phenoxy) is 1. The second-order valence-corrected chi connectivity index (χ2v) is 6.15. The fourth-order valence-electron chi connectivity index (χ4n) is 2.96. The second-order valence-electron chi connectivity index (χ2n) is 6.15. The molecule has 1 saturated heterocycles. The molecule has 2 atom stereocenters. The van der Waals surface area contributed by atoms with Gasteiger partial charge in [-0.1, -0.05) is 19.9 Å². The number of rotatable bonds is 6. The number of aryl methyl sites for hydroxylation is 1. The minimum absolute atomic E-state index is 0.319. The molecule has 0 aliphatic carbocycles. The summed E-state index contributed by atoms with van der Waals surface area (Å²) in [5.41, 5.74) is 4.13. The van der Waals surface area contributed by atoms with E-state index in [9.17, 15) is 0 Å². The van der Waals surface area contributed by atoms with Gasteiger partial charge in [0.2, 0.25) is 0 Å². The average Bonchev–Trinajstić information content (AvgIpc) is 2.49. The van der Waals surface area contributed by atoms with E-state index in [1.165, 1.54) is 23.2 Å².